The Bertz CT molecular complexity index is 1060. The third-order valence-electron chi connectivity index (χ3n) is 4.82. The van der Waals surface area contributed by atoms with Gasteiger partial charge in [0.15, 0.2) is 0 Å². The standard InChI is InChI=1S/C25H29N3O3S/c1-20(2)17-26-25(29)27-23-13-15-24(16-14-23)32(30,31)28(18-21-9-5-3-6-10-21)19-22-11-7-4-8-12-22/h3-16,20H,17-19H2,1-2H3,(H2,26,27,29). The van der Waals surface area contributed by atoms with Crippen LogP contribution >= 0.6 is 0 Å². The van der Waals surface area contributed by atoms with E-state index in [4.69, 9.17) is 0 Å². The van der Waals surface area contributed by atoms with Gasteiger partial charge >= 0.3 is 6.03 Å². The lowest BCUT2D eigenvalue weighted by atomic mass is 10.2. The molecule has 0 unspecified atom stereocenters. The van der Waals surface area contributed by atoms with Crippen molar-refractivity contribution in [3.05, 3.63) is 96.1 Å². The molecule has 0 heterocycles. The Morgan fingerprint density at radius 1 is 0.812 bits per heavy atom. The summed E-state index contributed by atoms with van der Waals surface area (Å²) in [5, 5.41) is 5.50. The van der Waals surface area contributed by atoms with Gasteiger partial charge in [0.05, 0.1) is 4.90 Å². The number of hydrogen-bond donors (Lipinski definition) is 2. The molecule has 3 rings (SSSR count). The van der Waals surface area contributed by atoms with Crippen LogP contribution in [0.2, 0.25) is 0 Å². The van der Waals surface area contributed by atoms with Crippen molar-refractivity contribution in [1.82, 2.24) is 9.62 Å². The predicted octanol–water partition coefficient (Wildman–Crippen LogP) is 4.86. The average molecular weight is 452 g/mol. The lowest BCUT2D eigenvalue weighted by Crippen LogP contribution is -2.32. The maximum atomic E-state index is 13.5. The second kappa shape index (κ2) is 10.9. The van der Waals surface area contributed by atoms with E-state index in [1.54, 1.807) is 12.1 Å². The fourth-order valence-corrected chi connectivity index (χ4v) is 4.55. The molecule has 32 heavy (non-hydrogen) atoms. The summed E-state index contributed by atoms with van der Waals surface area (Å²) in [6.45, 7) is 5.10. The van der Waals surface area contributed by atoms with Crippen LogP contribution in [-0.4, -0.2) is 25.3 Å². The fourth-order valence-electron chi connectivity index (χ4n) is 3.13. The first-order chi connectivity index (χ1) is 15.3. The van der Waals surface area contributed by atoms with E-state index in [1.165, 1.54) is 16.4 Å². The van der Waals surface area contributed by atoms with E-state index in [9.17, 15) is 13.2 Å². The van der Waals surface area contributed by atoms with Crippen molar-refractivity contribution < 1.29 is 13.2 Å². The molecule has 0 saturated heterocycles. The number of carbonyl (C=O) groups is 1. The third-order valence-corrected chi connectivity index (χ3v) is 6.63. The molecule has 0 saturated carbocycles. The minimum atomic E-state index is -3.76. The van der Waals surface area contributed by atoms with Crippen molar-refractivity contribution in [1.29, 1.82) is 0 Å². The molecule has 0 bridgehead atoms. The van der Waals surface area contributed by atoms with Gasteiger partial charge in [-0.1, -0.05) is 74.5 Å². The molecule has 0 aliphatic heterocycles. The van der Waals surface area contributed by atoms with Gasteiger partial charge in [-0.15, -0.1) is 0 Å². The molecule has 2 amide bonds. The second-order valence-electron chi connectivity index (χ2n) is 8.00. The number of carbonyl (C=O) groups excluding carboxylic acids is 1. The van der Waals surface area contributed by atoms with Crippen LogP contribution < -0.4 is 10.6 Å². The Labute approximate surface area is 190 Å². The summed E-state index contributed by atoms with van der Waals surface area (Å²) in [6.07, 6.45) is 0. The van der Waals surface area contributed by atoms with Crippen LogP contribution in [0.25, 0.3) is 0 Å². The van der Waals surface area contributed by atoms with Crippen molar-refractivity contribution in [3.8, 4) is 0 Å². The van der Waals surface area contributed by atoms with Gasteiger partial charge in [0.2, 0.25) is 10.0 Å². The van der Waals surface area contributed by atoms with E-state index >= 15 is 0 Å². The van der Waals surface area contributed by atoms with E-state index in [-0.39, 0.29) is 24.0 Å². The number of rotatable bonds is 9. The molecule has 0 radical (unpaired) electrons. The van der Waals surface area contributed by atoms with Crippen LogP contribution in [0.1, 0.15) is 25.0 Å². The van der Waals surface area contributed by atoms with E-state index in [0.29, 0.717) is 18.2 Å². The Morgan fingerprint density at radius 2 is 1.31 bits per heavy atom. The van der Waals surface area contributed by atoms with Crippen LogP contribution in [-0.2, 0) is 23.1 Å². The molecule has 0 atom stereocenters. The molecule has 0 spiro atoms. The zero-order valence-electron chi connectivity index (χ0n) is 18.4. The molecule has 3 aromatic carbocycles. The quantitative estimate of drug-likeness (QED) is 0.488. The smallest absolute Gasteiger partial charge is 0.319 e. The number of nitrogens with one attached hydrogen (secondary N) is 2. The topological polar surface area (TPSA) is 78.5 Å². The lowest BCUT2D eigenvalue weighted by molar-refractivity contribution is 0.251. The zero-order valence-corrected chi connectivity index (χ0v) is 19.2. The molecule has 0 fully saturated rings. The van der Waals surface area contributed by atoms with Crippen LogP contribution in [0.15, 0.2) is 89.8 Å². The Hall–Kier alpha value is -3.16. The maximum Gasteiger partial charge on any atom is 0.319 e. The highest BCUT2D eigenvalue weighted by atomic mass is 32.2. The van der Waals surface area contributed by atoms with Crippen LogP contribution in [0.5, 0.6) is 0 Å². The summed E-state index contributed by atoms with van der Waals surface area (Å²) in [4.78, 5) is 12.1. The summed E-state index contributed by atoms with van der Waals surface area (Å²) in [5.74, 6) is 0.341. The molecule has 0 aromatic heterocycles. The summed E-state index contributed by atoms with van der Waals surface area (Å²) < 4.78 is 28.4. The Morgan fingerprint density at radius 3 is 1.78 bits per heavy atom. The molecule has 0 aliphatic carbocycles. The Kier molecular flexibility index (Phi) is 8.03. The van der Waals surface area contributed by atoms with Gasteiger partial charge in [-0.25, -0.2) is 13.2 Å². The molecular weight excluding hydrogens is 422 g/mol. The minimum absolute atomic E-state index is 0.178. The van der Waals surface area contributed by atoms with Crippen molar-refractivity contribution >= 4 is 21.7 Å². The van der Waals surface area contributed by atoms with Crippen molar-refractivity contribution in [2.45, 2.75) is 31.8 Å². The summed E-state index contributed by atoms with van der Waals surface area (Å²) in [5.41, 5.74) is 2.35. The highest BCUT2D eigenvalue weighted by molar-refractivity contribution is 7.89. The van der Waals surface area contributed by atoms with Gasteiger partial charge in [-0.3, -0.25) is 0 Å². The zero-order chi connectivity index (χ0) is 23.0. The van der Waals surface area contributed by atoms with E-state index in [0.717, 1.165) is 11.1 Å². The third kappa shape index (κ3) is 6.67. The molecule has 3 aromatic rings. The second-order valence-corrected chi connectivity index (χ2v) is 9.94. The van der Waals surface area contributed by atoms with E-state index in [2.05, 4.69) is 10.6 Å². The van der Waals surface area contributed by atoms with Gasteiger partial charge in [0, 0.05) is 25.3 Å². The number of benzene rings is 3. The van der Waals surface area contributed by atoms with E-state index < -0.39 is 10.0 Å². The molecule has 7 heteroatoms. The number of urea groups is 1. The first kappa shape index (κ1) is 23.5. The predicted molar refractivity (Wildman–Crippen MR) is 128 cm³/mol. The van der Waals surface area contributed by atoms with Crippen molar-refractivity contribution in [2.75, 3.05) is 11.9 Å². The number of amides is 2. The van der Waals surface area contributed by atoms with E-state index in [1.807, 2.05) is 74.5 Å². The van der Waals surface area contributed by atoms with Gasteiger partial charge in [0.25, 0.3) is 0 Å². The van der Waals surface area contributed by atoms with Crippen molar-refractivity contribution in [3.63, 3.8) is 0 Å². The SMILES string of the molecule is CC(C)CNC(=O)Nc1ccc(S(=O)(=O)N(Cc2ccccc2)Cc2ccccc2)cc1. The maximum absolute atomic E-state index is 13.5. The largest absolute Gasteiger partial charge is 0.338 e. The van der Waals surface area contributed by atoms with Crippen LogP contribution in [0, 0.1) is 5.92 Å². The molecular formula is C25H29N3O3S. The van der Waals surface area contributed by atoms with Crippen molar-refractivity contribution in [2.24, 2.45) is 5.92 Å². The Balaban J connectivity index is 1.79. The monoisotopic (exact) mass is 451 g/mol. The summed E-state index contributed by atoms with van der Waals surface area (Å²) >= 11 is 0. The fraction of sp³-hybridized carbons (Fsp3) is 0.240. The highest BCUT2D eigenvalue weighted by Gasteiger charge is 2.25. The van der Waals surface area contributed by atoms with Crippen LogP contribution in [0.3, 0.4) is 0 Å². The molecule has 6 nitrogen and oxygen atoms in total. The average Bonchev–Trinajstić information content (AvgIpc) is 2.79. The van der Waals surface area contributed by atoms with Gasteiger partial charge in [0.1, 0.15) is 0 Å². The lowest BCUT2D eigenvalue weighted by Gasteiger charge is -2.23. The first-order valence-electron chi connectivity index (χ1n) is 10.6. The number of sulfonamides is 1. The highest BCUT2D eigenvalue weighted by Crippen LogP contribution is 2.23. The summed E-state index contributed by atoms with van der Waals surface area (Å²) in [7, 11) is -3.76. The van der Waals surface area contributed by atoms with Crippen LogP contribution in [0.4, 0.5) is 10.5 Å². The van der Waals surface area contributed by atoms with Gasteiger partial charge < -0.3 is 10.6 Å². The van der Waals surface area contributed by atoms with Gasteiger partial charge in [-0.05, 0) is 41.3 Å². The normalized spacial score (nSPS) is 11.5. The number of hydrogen-bond acceptors (Lipinski definition) is 3. The summed E-state index contributed by atoms with van der Waals surface area (Å²) in [6, 6.07) is 25.0. The molecule has 2 N–H and O–H groups in total. The molecule has 168 valence electrons. The number of anilines is 1. The molecule has 0 aliphatic rings. The number of nitrogens with zero attached hydrogens (tertiary/aromatic N) is 1. The first-order valence-corrected chi connectivity index (χ1v) is 12.0. The van der Waals surface area contributed by atoms with Gasteiger partial charge in [-0.2, -0.15) is 4.31 Å². The minimum Gasteiger partial charge on any atom is -0.338 e.